The topological polar surface area (TPSA) is 66.6 Å². The van der Waals surface area contributed by atoms with Gasteiger partial charge in [0.25, 0.3) is 11.7 Å². The molecule has 2 aromatic heterocycles. The van der Waals surface area contributed by atoms with Gasteiger partial charge >= 0.3 is 0 Å². The summed E-state index contributed by atoms with van der Waals surface area (Å²) in [6.45, 7) is 6.79. The van der Waals surface area contributed by atoms with E-state index in [0.29, 0.717) is 18.9 Å². The zero-order valence-electron chi connectivity index (χ0n) is 14.7. The Labute approximate surface area is 159 Å². The summed E-state index contributed by atoms with van der Waals surface area (Å²) < 4.78 is 2.91. The molecular weight excluding hydrogens is 396 g/mol. The monoisotopic (exact) mass is 414 g/mol. The molecule has 1 aliphatic rings. The average Bonchev–Trinajstić information content (AvgIpc) is 3.03. The summed E-state index contributed by atoms with van der Waals surface area (Å²) in [5.74, 6) is 2.41. The van der Waals surface area contributed by atoms with Crippen LogP contribution in [-0.4, -0.2) is 56.6 Å². The number of anilines is 1. The standard InChI is InChI=1S/C18H19BrN6O/c1-12-11-16(20-18-22-21-13(2)25(12)18)23-7-9-24(10-8-23)17(26)14-3-5-15(19)6-4-14/h3-6,11H,7-10H2,1-2H3. The van der Waals surface area contributed by atoms with E-state index < -0.39 is 0 Å². The number of amides is 1. The Morgan fingerprint density at radius 3 is 2.42 bits per heavy atom. The smallest absolute Gasteiger partial charge is 0.257 e. The maximum absolute atomic E-state index is 12.6. The summed E-state index contributed by atoms with van der Waals surface area (Å²) in [5, 5.41) is 8.22. The first-order valence-electron chi connectivity index (χ1n) is 8.52. The van der Waals surface area contributed by atoms with E-state index in [1.54, 1.807) is 0 Å². The van der Waals surface area contributed by atoms with Gasteiger partial charge in [0.05, 0.1) is 0 Å². The van der Waals surface area contributed by atoms with Gasteiger partial charge in [0.15, 0.2) is 0 Å². The molecule has 3 aromatic rings. The molecule has 0 N–H and O–H groups in total. The number of aryl methyl sites for hydroxylation is 2. The van der Waals surface area contributed by atoms with Gasteiger partial charge in [-0.3, -0.25) is 9.20 Å². The Hall–Kier alpha value is -2.48. The molecule has 7 nitrogen and oxygen atoms in total. The molecule has 4 rings (SSSR count). The maximum atomic E-state index is 12.6. The Kier molecular flexibility index (Phi) is 4.36. The highest BCUT2D eigenvalue weighted by molar-refractivity contribution is 9.10. The normalized spacial score (nSPS) is 14.9. The number of rotatable bonds is 2. The van der Waals surface area contributed by atoms with Crippen LogP contribution in [0.4, 0.5) is 5.82 Å². The Balaban J connectivity index is 1.48. The first-order valence-corrected chi connectivity index (χ1v) is 9.31. The van der Waals surface area contributed by atoms with Crippen LogP contribution in [0.3, 0.4) is 0 Å². The van der Waals surface area contributed by atoms with Crippen molar-refractivity contribution in [1.82, 2.24) is 24.5 Å². The van der Waals surface area contributed by atoms with Crippen LogP contribution >= 0.6 is 15.9 Å². The average molecular weight is 415 g/mol. The van der Waals surface area contributed by atoms with E-state index in [4.69, 9.17) is 0 Å². The van der Waals surface area contributed by atoms with Crippen LogP contribution < -0.4 is 4.90 Å². The summed E-state index contributed by atoms with van der Waals surface area (Å²) >= 11 is 3.40. The summed E-state index contributed by atoms with van der Waals surface area (Å²) in [6.07, 6.45) is 0. The molecule has 1 amide bonds. The second-order valence-corrected chi connectivity index (χ2v) is 7.34. The molecular formula is C18H19BrN6O. The summed E-state index contributed by atoms with van der Waals surface area (Å²) in [7, 11) is 0. The van der Waals surface area contributed by atoms with E-state index in [0.717, 1.165) is 40.5 Å². The minimum absolute atomic E-state index is 0.0739. The summed E-state index contributed by atoms with van der Waals surface area (Å²) in [6, 6.07) is 9.55. The van der Waals surface area contributed by atoms with E-state index in [-0.39, 0.29) is 5.91 Å². The number of fused-ring (bicyclic) bond motifs is 1. The molecule has 134 valence electrons. The number of hydrogen-bond donors (Lipinski definition) is 0. The number of carbonyl (C=O) groups is 1. The molecule has 0 unspecified atom stereocenters. The van der Waals surface area contributed by atoms with Gasteiger partial charge < -0.3 is 9.80 Å². The molecule has 0 saturated carbocycles. The van der Waals surface area contributed by atoms with Crippen LogP contribution in [0, 0.1) is 13.8 Å². The molecule has 0 bridgehead atoms. The molecule has 0 spiro atoms. The predicted octanol–water partition coefficient (Wildman–Crippen LogP) is 2.47. The third-order valence-electron chi connectivity index (χ3n) is 4.70. The van der Waals surface area contributed by atoms with Gasteiger partial charge in [-0.1, -0.05) is 15.9 Å². The third kappa shape index (κ3) is 3.05. The molecule has 26 heavy (non-hydrogen) atoms. The summed E-state index contributed by atoms with van der Waals surface area (Å²) in [4.78, 5) is 21.4. The number of benzene rings is 1. The van der Waals surface area contributed by atoms with E-state index >= 15 is 0 Å². The van der Waals surface area contributed by atoms with Crippen molar-refractivity contribution in [2.24, 2.45) is 0 Å². The van der Waals surface area contributed by atoms with Crippen LogP contribution in [0.15, 0.2) is 34.8 Å². The Morgan fingerprint density at radius 2 is 1.73 bits per heavy atom. The molecule has 3 heterocycles. The van der Waals surface area contributed by atoms with Gasteiger partial charge in [-0.15, -0.1) is 10.2 Å². The van der Waals surface area contributed by atoms with Crippen molar-refractivity contribution in [1.29, 1.82) is 0 Å². The quantitative estimate of drug-likeness (QED) is 0.644. The first kappa shape index (κ1) is 17.0. The minimum Gasteiger partial charge on any atom is -0.353 e. The number of nitrogens with zero attached hydrogens (tertiary/aromatic N) is 6. The number of hydrogen-bond acceptors (Lipinski definition) is 5. The lowest BCUT2D eigenvalue weighted by Crippen LogP contribution is -2.49. The zero-order valence-corrected chi connectivity index (χ0v) is 16.3. The predicted molar refractivity (Wildman–Crippen MR) is 103 cm³/mol. The highest BCUT2D eigenvalue weighted by atomic mass is 79.9. The van der Waals surface area contributed by atoms with Crippen LogP contribution in [0.5, 0.6) is 0 Å². The van der Waals surface area contributed by atoms with E-state index in [9.17, 15) is 4.79 Å². The fourth-order valence-corrected chi connectivity index (χ4v) is 3.56. The van der Waals surface area contributed by atoms with Gasteiger partial charge in [-0.2, -0.15) is 4.98 Å². The third-order valence-corrected chi connectivity index (χ3v) is 5.22. The van der Waals surface area contributed by atoms with Crippen molar-refractivity contribution < 1.29 is 4.79 Å². The Morgan fingerprint density at radius 1 is 1.04 bits per heavy atom. The second-order valence-electron chi connectivity index (χ2n) is 6.42. The fraction of sp³-hybridized carbons (Fsp3) is 0.333. The molecule has 1 fully saturated rings. The first-order chi connectivity index (χ1) is 12.5. The minimum atomic E-state index is 0.0739. The molecule has 1 saturated heterocycles. The van der Waals surface area contributed by atoms with Gasteiger partial charge in [-0.05, 0) is 38.1 Å². The largest absolute Gasteiger partial charge is 0.353 e. The van der Waals surface area contributed by atoms with Crippen molar-refractivity contribution in [3.8, 4) is 0 Å². The number of carbonyl (C=O) groups excluding carboxylic acids is 1. The van der Waals surface area contributed by atoms with Crippen molar-refractivity contribution in [3.05, 3.63) is 51.9 Å². The molecule has 1 aliphatic heterocycles. The fourth-order valence-electron chi connectivity index (χ4n) is 3.30. The van der Waals surface area contributed by atoms with Gasteiger partial charge in [-0.25, -0.2) is 0 Å². The van der Waals surface area contributed by atoms with Crippen LogP contribution in [0.1, 0.15) is 21.9 Å². The van der Waals surface area contributed by atoms with Crippen molar-refractivity contribution in [3.63, 3.8) is 0 Å². The number of halogens is 1. The van der Waals surface area contributed by atoms with Crippen molar-refractivity contribution in [2.75, 3.05) is 31.1 Å². The molecule has 8 heteroatoms. The van der Waals surface area contributed by atoms with Crippen molar-refractivity contribution >= 4 is 33.4 Å². The summed E-state index contributed by atoms with van der Waals surface area (Å²) in [5.41, 5.74) is 1.77. The SMILES string of the molecule is Cc1cc(N2CCN(C(=O)c3ccc(Br)cc3)CC2)nc2nnc(C)n12. The molecule has 0 aliphatic carbocycles. The maximum Gasteiger partial charge on any atom is 0.257 e. The number of aromatic nitrogens is 4. The van der Waals surface area contributed by atoms with Crippen LogP contribution in [0.2, 0.25) is 0 Å². The lowest BCUT2D eigenvalue weighted by Gasteiger charge is -2.35. The molecule has 0 atom stereocenters. The highest BCUT2D eigenvalue weighted by Crippen LogP contribution is 2.19. The molecule has 0 radical (unpaired) electrons. The molecule has 1 aromatic carbocycles. The Bertz CT molecular complexity index is 960. The number of piperazine rings is 1. The second kappa shape index (κ2) is 6.68. The lowest BCUT2D eigenvalue weighted by molar-refractivity contribution is 0.0746. The van der Waals surface area contributed by atoms with Crippen LogP contribution in [0.25, 0.3) is 5.78 Å². The van der Waals surface area contributed by atoms with Gasteiger partial charge in [0.1, 0.15) is 11.6 Å². The van der Waals surface area contributed by atoms with Crippen LogP contribution in [-0.2, 0) is 0 Å². The van der Waals surface area contributed by atoms with E-state index in [1.807, 2.05) is 47.4 Å². The van der Waals surface area contributed by atoms with Crippen molar-refractivity contribution in [2.45, 2.75) is 13.8 Å². The van der Waals surface area contributed by atoms with Gasteiger partial charge in [0, 0.05) is 48.0 Å². The zero-order chi connectivity index (χ0) is 18.3. The van der Waals surface area contributed by atoms with Gasteiger partial charge in [0.2, 0.25) is 0 Å². The lowest BCUT2D eigenvalue weighted by atomic mass is 10.2. The van der Waals surface area contributed by atoms with E-state index in [1.165, 1.54) is 0 Å². The van der Waals surface area contributed by atoms with E-state index in [2.05, 4.69) is 42.1 Å². The highest BCUT2D eigenvalue weighted by Gasteiger charge is 2.23.